The van der Waals surface area contributed by atoms with Crippen molar-refractivity contribution in [3.05, 3.63) is 89.2 Å². The van der Waals surface area contributed by atoms with E-state index in [1.807, 2.05) is 90.1 Å². The van der Waals surface area contributed by atoms with Gasteiger partial charge in [-0.3, -0.25) is 4.79 Å². The number of furan rings is 1. The zero-order valence-corrected chi connectivity index (χ0v) is 26.8. The summed E-state index contributed by atoms with van der Waals surface area (Å²) in [6.45, 7) is 11.9. The summed E-state index contributed by atoms with van der Waals surface area (Å²) in [6, 6.07) is 20.7. The van der Waals surface area contributed by atoms with Crippen LogP contribution in [0.5, 0.6) is 5.75 Å². The average Bonchev–Trinajstić information content (AvgIpc) is 3.35. The number of carbonyl (C=O) groups excluding carboxylic acids is 1. The van der Waals surface area contributed by atoms with Crippen LogP contribution in [0, 0.1) is 0 Å². The van der Waals surface area contributed by atoms with Gasteiger partial charge in [-0.2, -0.15) is 0 Å². The van der Waals surface area contributed by atoms with Crippen molar-refractivity contribution >= 4 is 34.0 Å². The lowest BCUT2D eigenvalue weighted by Gasteiger charge is -2.19. The van der Waals surface area contributed by atoms with E-state index in [1.54, 1.807) is 18.2 Å². The first-order valence-corrected chi connectivity index (χ1v) is 15.5. The van der Waals surface area contributed by atoms with Gasteiger partial charge in [-0.15, -0.1) is 0 Å². The summed E-state index contributed by atoms with van der Waals surface area (Å²) in [5.74, 6) is 0.206. The summed E-state index contributed by atoms with van der Waals surface area (Å²) in [5, 5.41) is 12.9. The third kappa shape index (κ3) is 9.17. The smallest absolute Gasteiger partial charge is 0.407 e. The molecular weight excluding hydrogens is 580 g/mol. The van der Waals surface area contributed by atoms with Crippen molar-refractivity contribution in [2.75, 3.05) is 0 Å². The van der Waals surface area contributed by atoms with E-state index in [0.29, 0.717) is 22.7 Å². The molecule has 1 aromatic heterocycles. The molecule has 0 spiro atoms. The third-order valence-corrected chi connectivity index (χ3v) is 7.96. The number of aliphatic carboxylic acids is 1. The largest absolute Gasteiger partial charge is 0.489 e. The maximum Gasteiger partial charge on any atom is 0.407 e. The molecule has 1 heterocycles. The molecule has 0 aliphatic rings. The predicted molar refractivity (Wildman–Crippen MR) is 172 cm³/mol. The molecule has 0 aliphatic carbocycles. The number of para-hydroxylation sites is 1. The first-order valence-electron chi connectivity index (χ1n) is 14.4. The molecule has 4 rings (SSSR count). The van der Waals surface area contributed by atoms with Crippen molar-refractivity contribution in [2.24, 2.45) is 0 Å². The Morgan fingerprint density at radius 3 is 2.36 bits per heavy atom. The molecule has 0 aliphatic heterocycles. The molecule has 3 N–H and O–H groups in total. The van der Waals surface area contributed by atoms with Crippen LogP contribution in [0.15, 0.2) is 71.1 Å². The van der Waals surface area contributed by atoms with Crippen molar-refractivity contribution in [1.29, 1.82) is 0 Å². The number of hydrogen-bond acceptors (Lipinski definition) is 6. The maximum atomic E-state index is 12.6. The second-order valence-corrected chi connectivity index (χ2v) is 14.6. The van der Waals surface area contributed by atoms with Gasteiger partial charge in [0.15, 0.2) is 0 Å². The van der Waals surface area contributed by atoms with E-state index in [9.17, 15) is 18.9 Å². The van der Waals surface area contributed by atoms with Crippen LogP contribution in [0.4, 0.5) is 4.79 Å². The minimum Gasteiger partial charge on any atom is -0.489 e. The number of nitrogens with one attached hydrogen (secondary N) is 2. The number of fused-ring (bicyclic) bond motifs is 1. The molecule has 0 bridgehead atoms. The predicted octanol–water partition coefficient (Wildman–Crippen LogP) is 6.88. The topological polar surface area (TPSA) is 127 Å². The minimum absolute atomic E-state index is 0.140. The lowest BCUT2D eigenvalue weighted by molar-refractivity contribution is -0.136. The quantitative estimate of drug-likeness (QED) is 0.167. The molecular formula is C34H40N2O7S. The fourth-order valence-electron chi connectivity index (χ4n) is 4.46. The molecule has 1 unspecified atom stereocenters. The highest BCUT2D eigenvalue weighted by atomic mass is 32.2. The summed E-state index contributed by atoms with van der Waals surface area (Å²) in [4.78, 5) is 23.6. The van der Waals surface area contributed by atoms with Gasteiger partial charge in [0.1, 0.15) is 29.3 Å². The molecule has 10 heteroatoms. The van der Waals surface area contributed by atoms with Gasteiger partial charge in [-0.25, -0.2) is 13.7 Å². The molecule has 0 fully saturated rings. The van der Waals surface area contributed by atoms with Gasteiger partial charge in [0.25, 0.3) is 0 Å². The van der Waals surface area contributed by atoms with Crippen LogP contribution in [0.3, 0.4) is 0 Å². The van der Waals surface area contributed by atoms with Crippen LogP contribution < -0.4 is 14.8 Å². The zero-order chi connectivity index (χ0) is 32.1. The number of rotatable bonds is 11. The lowest BCUT2D eigenvalue weighted by Crippen LogP contribution is -2.32. The normalized spacial score (nSPS) is 12.6. The minimum atomic E-state index is -1.27. The highest BCUT2D eigenvalue weighted by Crippen LogP contribution is 2.34. The molecule has 44 heavy (non-hydrogen) atoms. The van der Waals surface area contributed by atoms with E-state index in [2.05, 4.69) is 10.0 Å². The van der Waals surface area contributed by atoms with Crippen LogP contribution in [0.2, 0.25) is 0 Å². The highest BCUT2D eigenvalue weighted by Gasteiger charge is 2.21. The molecule has 1 atom stereocenters. The lowest BCUT2D eigenvalue weighted by atomic mass is 9.99. The number of alkyl carbamates (subject to hydrolysis) is 1. The maximum absolute atomic E-state index is 12.6. The van der Waals surface area contributed by atoms with E-state index >= 15 is 0 Å². The summed E-state index contributed by atoms with van der Waals surface area (Å²) >= 11 is 0. The van der Waals surface area contributed by atoms with E-state index < -0.39 is 33.4 Å². The number of hydrogen-bond donors (Lipinski definition) is 3. The Kier molecular flexibility index (Phi) is 10.2. The monoisotopic (exact) mass is 620 g/mol. The number of amides is 1. The van der Waals surface area contributed by atoms with Crippen molar-refractivity contribution in [1.82, 2.24) is 10.0 Å². The molecule has 0 radical (unpaired) electrons. The van der Waals surface area contributed by atoms with E-state index in [-0.39, 0.29) is 26.1 Å². The number of carbonyl (C=O) groups is 2. The van der Waals surface area contributed by atoms with Crippen LogP contribution in [0.1, 0.15) is 64.0 Å². The Hall–Kier alpha value is -4.15. The van der Waals surface area contributed by atoms with Gasteiger partial charge in [0.2, 0.25) is 0 Å². The highest BCUT2D eigenvalue weighted by molar-refractivity contribution is 7.84. The van der Waals surface area contributed by atoms with Crippen molar-refractivity contribution < 1.29 is 32.8 Å². The Morgan fingerprint density at radius 2 is 1.66 bits per heavy atom. The third-order valence-electron chi connectivity index (χ3n) is 6.44. The van der Waals surface area contributed by atoms with Crippen LogP contribution in [-0.2, 0) is 46.6 Å². The SMILES string of the molecule is CC(C)(C)OC(=O)NCc1cccc(-c2cc(COc3ccccc3CC(=O)O)cc3cc(CNS(=O)C(C)(C)C)oc23)c1. The van der Waals surface area contributed by atoms with Crippen molar-refractivity contribution in [2.45, 2.75) is 78.0 Å². The van der Waals surface area contributed by atoms with Gasteiger partial charge in [0, 0.05) is 23.1 Å². The van der Waals surface area contributed by atoms with Crippen LogP contribution in [-0.4, -0.2) is 31.7 Å². The second-order valence-electron chi connectivity index (χ2n) is 12.5. The molecule has 0 saturated heterocycles. The summed E-state index contributed by atoms with van der Waals surface area (Å²) in [6.07, 6.45) is -0.637. The first kappa shape index (κ1) is 32.8. The van der Waals surface area contributed by atoms with E-state index in [1.165, 1.54) is 0 Å². The van der Waals surface area contributed by atoms with Crippen molar-refractivity contribution in [3.63, 3.8) is 0 Å². The van der Waals surface area contributed by atoms with Gasteiger partial charge in [-0.1, -0.05) is 36.4 Å². The Labute approximate surface area is 260 Å². The Balaban J connectivity index is 1.66. The fourth-order valence-corrected chi connectivity index (χ4v) is 5.16. The number of carboxylic acid groups (broad SMARTS) is 1. The summed E-state index contributed by atoms with van der Waals surface area (Å²) in [5.41, 5.74) is 4.08. The summed E-state index contributed by atoms with van der Waals surface area (Å²) < 4.78 is 33.0. The van der Waals surface area contributed by atoms with Crippen molar-refractivity contribution in [3.8, 4) is 16.9 Å². The average molecular weight is 621 g/mol. The van der Waals surface area contributed by atoms with E-state index in [0.717, 1.165) is 27.6 Å². The molecule has 3 aromatic carbocycles. The second kappa shape index (κ2) is 13.7. The van der Waals surface area contributed by atoms with Gasteiger partial charge in [0.05, 0.1) is 28.7 Å². The standard InChI is InChI=1S/C34H40N2O7S/c1-33(2,3)43-32(39)35-19-22-10-9-12-24(14-22)28-16-23(21-41-29-13-8-7-11-25(29)18-30(37)38)15-26-17-27(42-31(26)28)20-36-44(40)34(4,5)6/h7-17,36H,18-21H2,1-6H3,(H,35,39)(H,37,38). The summed E-state index contributed by atoms with van der Waals surface area (Å²) in [7, 11) is -1.27. The molecule has 1 amide bonds. The molecule has 9 nitrogen and oxygen atoms in total. The molecule has 0 saturated carbocycles. The van der Waals surface area contributed by atoms with Gasteiger partial charge in [-0.05, 0) is 88.6 Å². The Morgan fingerprint density at radius 1 is 0.909 bits per heavy atom. The van der Waals surface area contributed by atoms with Gasteiger partial charge < -0.3 is 24.3 Å². The van der Waals surface area contributed by atoms with Crippen LogP contribution >= 0.6 is 0 Å². The van der Waals surface area contributed by atoms with Gasteiger partial charge >= 0.3 is 12.1 Å². The van der Waals surface area contributed by atoms with E-state index in [4.69, 9.17) is 13.9 Å². The molecule has 4 aromatic rings. The number of carboxylic acids is 1. The van der Waals surface area contributed by atoms with Crippen LogP contribution in [0.25, 0.3) is 22.1 Å². The Bertz CT molecular complexity index is 1660. The number of benzene rings is 3. The zero-order valence-electron chi connectivity index (χ0n) is 26.0. The fraction of sp³-hybridized carbons (Fsp3) is 0.353. The first-order chi connectivity index (χ1) is 20.7. The number of ether oxygens (including phenoxy) is 2. The molecule has 234 valence electrons.